The van der Waals surface area contributed by atoms with E-state index in [-0.39, 0.29) is 33.7 Å². The largest absolute Gasteiger partial charge is 0.447 e. The molecular formula is C17H13NO7. The minimum Gasteiger partial charge on any atom is -0.447 e. The molecule has 1 N–H and O–H groups in total. The van der Waals surface area contributed by atoms with Crippen LogP contribution in [-0.4, -0.2) is 18.2 Å². The summed E-state index contributed by atoms with van der Waals surface area (Å²) in [7, 11) is 0. The molecule has 0 spiro atoms. The van der Waals surface area contributed by atoms with Crippen LogP contribution in [0.1, 0.15) is 30.0 Å². The fourth-order valence-electron chi connectivity index (χ4n) is 2.65. The molecule has 0 saturated heterocycles. The second kappa shape index (κ2) is 5.90. The maximum atomic E-state index is 11.9. The van der Waals surface area contributed by atoms with Crippen molar-refractivity contribution in [3.63, 3.8) is 0 Å². The van der Waals surface area contributed by atoms with Crippen molar-refractivity contribution in [2.75, 3.05) is 5.32 Å². The number of anilines is 1. The van der Waals surface area contributed by atoms with Crippen molar-refractivity contribution in [1.82, 2.24) is 0 Å². The van der Waals surface area contributed by atoms with Gasteiger partial charge in [-0.25, -0.2) is 4.79 Å². The van der Waals surface area contributed by atoms with Gasteiger partial charge in [0.1, 0.15) is 5.39 Å². The maximum Gasteiger partial charge on any atom is 0.336 e. The van der Waals surface area contributed by atoms with E-state index in [1.807, 2.05) is 0 Å². The molecule has 25 heavy (non-hydrogen) atoms. The second-order valence-corrected chi connectivity index (χ2v) is 5.43. The number of hydrogen-bond donors (Lipinski definition) is 1. The molecule has 1 aromatic carbocycles. The molecule has 0 fully saturated rings. The van der Waals surface area contributed by atoms with Gasteiger partial charge in [0.2, 0.25) is 12.2 Å². The van der Waals surface area contributed by atoms with Crippen LogP contribution in [0.15, 0.2) is 25.8 Å². The van der Waals surface area contributed by atoms with E-state index in [0.29, 0.717) is 17.4 Å². The number of fused-ring (bicyclic) bond motifs is 3. The fourth-order valence-corrected chi connectivity index (χ4v) is 2.65. The van der Waals surface area contributed by atoms with Crippen molar-refractivity contribution in [3.8, 4) is 5.75 Å². The third kappa shape index (κ3) is 2.67. The Bertz CT molecular complexity index is 1100. The smallest absolute Gasteiger partial charge is 0.336 e. The quantitative estimate of drug-likeness (QED) is 0.335. The van der Waals surface area contributed by atoms with Gasteiger partial charge in [0.15, 0.2) is 22.7 Å². The zero-order valence-electron chi connectivity index (χ0n) is 13.6. The normalized spacial score (nSPS) is 10.8. The molecule has 0 radical (unpaired) electrons. The number of aryl methyl sites for hydroxylation is 1. The molecule has 0 bridgehead atoms. The van der Waals surface area contributed by atoms with Crippen LogP contribution in [0.3, 0.4) is 0 Å². The number of benzene rings is 1. The van der Waals surface area contributed by atoms with Crippen LogP contribution < -0.4 is 15.7 Å². The van der Waals surface area contributed by atoms with Crippen molar-refractivity contribution >= 4 is 45.8 Å². The average Bonchev–Trinajstić information content (AvgIpc) is 2.88. The van der Waals surface area contributed by atoms with E-state index in [9.17, 15) is 19.2 Å². The molecule has 2 aromatic heterocycles. The molecule has 0 saturated carbocycles. The molecule has 0 aliphatic heterocycles. The van der Waals surface area contributed by atoms with Gasteiger partial charge in [-0.2, -0.15) is 0 Å². The Labute approximate surface area is 140 Å². The summed E-state index contributed by atoms with van der Waals surface area (Å²) in [6, 6.07) is 2.84. The summed E-state index contributed by atoms with van der Waals surface area (Å²) in [6.45, 7) is 4.09. The monoisotopic (exact) mass is 343 g/mol. The summed E-state index contributed by atoms with van der Waals surface area (Å²) in [5.41, 5.74) is 0.386. The molecule has 0 aliphatic carbocycles. The highest BCUT2D eigenvalue weighted by molar-refractivity contribution is 6.16. The van der Waals surface area contributed by atoms with Crippen molar-refractivity contribution in [2.45, 2.75) is 20.8 Å². The number of furan rings is 1. The first-order valence-electron chi connectivity index (χ1n) is 7.27. The lowest BCUT2D eigenvalue weighted by Gasteiger charge is -2.07. The Hall–Kier alpha value is -3.42. The van der Waals surface area contributed by atoms with E-state index in [1.54, 1.807) is 13.0 Å². The van der Waals surface area contributed by atoms with Crippen LogP contribution in [0.5, 0.6) is 5.75 Å². The number of Topliss-reactive ketones (excluding diaryl/α,β-unsaturated/α-hetero) is 1. The fraction of sp³-hybridized carbons (Fsp3) is 0.176. The summed E-state index contributed by atoms with van der Waals surface area (Å²) in [5, 5.41) is 3.10. The SMILES string of the molecule is CC(=O)Oc1c(C(C)=O)oc2c(NC=O)cc3c(C)cc(=O)oc3c12. The summed E-state index contributed by atoms with van der Waals surface area (Å²) in [4.78, 5) is 46.1. The molecule has 8 nitrogen and oxygen atoms in total. The number of esters is 1. The Balaban J connectivity index is 2.59. The molecule has 1 amide bonds. The summed E-state index contributed by atoms with van der Waals surface area (Å²) in [5.74, 6) is -1.53. The highest BCUT2D eigenvalue weighted by Gasteiger charge is 2.26. The van der Waals surface area contributed by atoms with Gasteiger partial charge in [-0.05, 0) is 18.6 Å². The molecule has 2 heterocycles. The standard InChI is InChI=1S/C17H13NO7/c1-7-4-12(22)24-15-10(7)5-11(18-6-19)16-13(15)17(23-9(3)21)14(25-16)8(2)20/h4-6H,1-3H3,(H,18,19). The van der Waals surface area contributed by atoms with Gasteiger partial charge in [0.25, 0.3) is 0 Å². The van der Waals surface area contributed by atoms with Gasteiger partial charge in [-0.15, -0.1) is 0 Å². The van der Waals surface area contributed by atoms with E-state index in [1.165, 1.54) is 19.9 Å². The highest BCUT2D eigenvalue weighted by atomic mass is 16.5. The number of rotatable bonds is 4. The molecule has 0 atom stereocenters. The number of hydrogen-bond acceptors (Lipinski definition) is 7. The average molecular weight is 343 g/mol. The zero-order chi connectivity index (χ0) is 18.3. The van der Waals surface area contributed by atoms with Crippen LogP contribution in [0.25, 0.3) is 21.9 Å². The van der Waals surface area contributed by atoms with E-state index in [0.717, 1.165) is 0 Å². The minimum absolute atomic E-state index is 0.0646. The molecule has 0 aliphatic rings. The zero-order valence-corrected chi connectivity index (χ0v) is 13.6. The lowest BCUT2D eigenvalue weighted by molar-refractivity contribution is -0.131. The van der Waals surface area contributed by atoms with Gasteiger partial charge in [0, 0.05) is 25.3 Å². The second-order valence-electron chi connectivity index (χ2n) is 5.43. The minimum atomic E-state index is -0.679. The third-order valence-corrected chi connectivity index (χ3v) is 3.61. The number of ether oxygens (including phenoxy) is 1. The summed E-state index contributed by atoms with van der Waals surface area (Å²) < 4.78 is 15.9. The van der Waals surface area contributed by atoms with E-state index < -0.39 is 17.4 Å². The lowest BCUT2D eigenvalue weighted by Crippen LogP contribution is -2.05. The van der Waals surface area contributed by atoms with Gasteiger partial charge in [-0.1, -0.05) is 0 Å². The van der Waals surface area contributed by atoms with E-state index in [4.69, 9.17) is 13.6 Å². The Kier molecular flexibility index (Phi) is 3.88. The predicted octanol–water partition coefficient (Wildman–Crippen LogP) is 2.54. The van der Waals surface area contributed by atoms with Crippen LogP contribution >= 0.6 is 0 Å². The van der Waals surface area contributed by atoms with Crippen LogP contribution in [0, 0.1) is 6.92 Å². The molecule has 128 valence electrons. The molecule has 3 aromatic rings. The Morgan fingerprint density at radius 2 is 1.88 bits per heavy atom. The van der Waals surface area contributed by atoms with Crippen molar-refractivity contribution in [1.29, 1.82) is 0 Å². The first-order valence-corrected chi connectivity index (χ1v) is 7.27. The van der Waals surface area contributed by atoms with Crippen molar-refractivity contribution in [3.05, 3.63) is 33.9 Å². The van der Waals surface area contributed by atoms with Gasteiger partial charge in [0.05, 0.1) is 5.69 Å². The third-order valence-electron chi connectivity index (χ3n) is 3.61. The van der Waals surface area contributed by atoms with E-state index >= 15 is 0 Å². The number of nitrogens with one attached hydrogen (secondary N) is 1. The molecule has 0 unspecified atom stereocenters. The van der Waals surface area contributed by atoms with Crippen molar-refractivity contribution < 1.29 is 28.0 Å². The highest BCUT2D eigenvalue weighted by Crippen LogP contribution is 2.42. The first kappa shape index (κ1) is 16.4. The number of amides is 1. The van der Waals surface area contributed by atoms with Gasteiger partial charge >= 0.3 is 11.6 Å². The van der Waals surface area contributed by atoms with Gasteiger partial charge < -0.3 is 18.9 Å². The Morgan fingerprint density at radius 3 is 2.48 bits per heavy atom. The number of carbonyl (C=O) groups is 3. The lowest BCUT2D eigenvalue weighted by atomic mass is 10.1. The van der Waals surface area contributed by atoms with Crippen molar-refractivity contribution in [2.24, 2.45) is 0 Å². The summed E-state index contributed by atoms with van der Waals surface area (Å²) >= 11 is 0. The topological polar surface area (TPSA) is 116 Å². The number of carbonyl (C=O) groups excluding carboxylic acids is 3. The molecule has 8 heteroatoms. The molecule has 3 rings (SSSR count). The maximum absolute atomic E-state index is 11.9. The van der Waals surface area contributed by atoms with Gasteiger partial charge in [-0.3, -0.25) is 14.4 Å². The summed E-state index contributed by atoms with van der Waals surface area (Å²) in [6.07, 6.45) is 0.441. The number of ketones is 1. The van der Waals surface area contributed by atoms with Crippen LogP contribution in [-0.2, 0) is 9.59 Å². The predicted molar refractivity (Wildman–Crippen MR) is 88.0 cm³/mol. The van der Waals surface area contributed by atoms with Crippen LogP contribution in [0.4, 0.5) is 5.69 Å². The Morgan fingerprint density at radius 1 is 1.16 bits per heavy atom. The first-order chi connectivity index (χ1) is 11.8. The van der Waals surface area contributed by atoms with Crippen LogP contribution in [0.2, 0.25) is 0 Å². The molecular weight excluding hydrogens is 330 g/mol. The van der Waals surface area contributed by atoms with E-state index in [2.05, 4.69) is 5.32 Å².